The molecule has 1 unspecified atom stereocenters. The summed E-state index contributed by atoms with van der Waals surface area (Å²) in [5, 5.41) is 34.7. The summed E-state index contributed by atoms with van der Waals surface area (Å²) in [5.74, 6) is -2.19. The minimum Gasteiger partial charge on any atom is -0.394 e. The van der Waals surface area contributed by atoms with Gasteiger partial charge in [-0.05, 0) is 65.9 Å². The van der Waals surface area contributed by atoms with Gasteiger partial charge < -0.3 is 5.11 Å². The minimum absolute atomic E-state index is 0.159. The van der Waals surface area contributed by atoms with E-state index in [1.54, 1.807) is 31.2 Å². The molecule has 0 fully saturated rings. The highest BCUT2D eigenvalue weighted by Crippen LogP contribution is 2.49. The second-order valence-electron chi connectivity index (χ2n) is 12.3. The maximum absolute atomic E-state index is 14.4. The Kier molecular flexibility index (Phi) is 6.20. The summed E-state index contributed by atoms with van der Waals surface area (Å²) < 4.78 is 0. The molecule has 48 heavy (non-hydrogen) atoms. The predicted molar refractivity (Wildman–Crippen MR) is 180 cm³/mol. The molecule has 0 aromatic heterocycles. The molecule has 0 radical (unpaired) electrons. The van der Waals surface area contributed by atoms with Crippen LogP contribution >= 0.6 is 0 Å². The van der Waals surface area contributed by atoms with Crippen molar-refractivity contribution in [2.45, 2.75) is 39.7 Å². The summed E-state index contributed by atoms with van der Waals surface area (Å²) in [6.45, 7) is 5.18. The quantitative estimate of drug-likeness (QED) is 0.130. The molecule has 0 saturated heterocycles. The van der Waals surface area contributed by atoms with Crippen LogP contribution in [0.2, 0.25) is 0 Å². The van der Waals surface area contributed by atoms with Gasteiger partial charge in [0.2, 0.25) is 0 Å². The van der Waals surface area contributed by atoms with E-state index in [1.807, 2.05) is 32.0 Å². The number of hydrogen-bond donors (Lipinski definition) is 1. The number of aliphatic hydroxyl groups is 1. The predicted octanol–water partition coefficient (Wildman–Crippen LogP) is 6.52. The number of anilines is 1. The van der Waals surface area contributed by atoms with Gasteiger partial charge in [0, 0.05) is 43.4 Å². The van der Waals surface area contributed by atoms with Gasteiger partial charge in [0.15, 0.2) is 0 Å². The first-order valence-electron chi connectivity index (χ1n) is 15.8. The fourth-order valence-corrected chi connectivity index (χ4v) is 7.92. The van der Waals surface area contributed by atoms with Crippen molar-refractivity contribution in [2.75, 3.05) is 11.5 Å². The number of carbonyl (C=O) groups is 4. The smallest absolute Gasteiger partial charge is 0.266 e. The summed E-state index contributed by atoms with van der Waals surface area (Å²) >= 11 is 0. The van der Waals surface area contributed by atoms with Crippen LogP contribution in [-0.2, 0) is 6.42 Å². The Morgan fingerprint density at radius 2 is 1.21 bits per heavy atom. The molecular weight excluding hydrogens is 604 g/mol. The molecule has 4 amide bonds. The highest BCUT2D eigenvalue weighted by Gasteiger charge is 2.41. The van der Waals surface area contributed by atoms with E-state index in [0.29, 0.717) is 67.2 Å². The Hall–Kier alpha value is -6.16. The molecule has 2 heterocycles. The van der Waals surface area contributed by atoms with Crippen molar-refractivity contribution in [1.82, 2.24) is 4.90 Å². The van der Waals surface area contributed by atoms with Gasteiger partial charge in [-0.15, -0.1) is 0 Å². The normalized spacial score (nSPS) is 14.9. The summed E-state index contributed by atoms with van der Waals surface area (Å²) in [5.41, 5.74) is 3.40. The molecule has 1 atom stereocenters. The van der Waals surface area contributed by atoms with Crippen LogP contribution < -0.4 is 4.90 Å². The second-order valence-corrected chi connectivity index (χ2v) is 12.3. The fraction of sp³-hybridized carbons (Fsp3) is 0.179. The maximum Gasteiger partial charge on any atom is 0.266 e. The Balaban J connectivity index is 1.52. The molecule has 0 spiro atoms. The van der Waals surface area contributed by atoms with Crippen molar-refractivity contribution in [3.63, 3.8) is 0 Å². The number of carbonyl (C=O) groups excluding carboxylic acids is 4. The first kappa shape index (κ1) is 29.3. The third-order valence-electron chi connectivity index (χ3n) is 10.1. The number of fused-ring (bicyclic) bond motifs is 2. The number of hydrogen-bond acceptors (Lipinski definition) is 7. The lowest BCUT2D eigenvalue weighted by molar-refractivity contribution is 0.0465. The first-order chi connectivity index (χ1) is 23.2. The topological polar surface area (TPSA) is 143 Å². The van der Waals surface area contributed by atoms with Gasteiger partial charge in [0.1, 0.15) is 0 Å². The SMILES string of the molecule is CCc1cccc(C)c1N1C(=O)c2ccc3c4c(C#N)cc5c6c(ccc(c7c(C#N)cc(c2c37)C1=O)c64)C(=O)N(C(CC)CO)C5=O. The number of aliphatic hydroxyl groups excluding tert-OH is 1. The van der Waals surface area contributed by atoms with E-state index in [2.05, 4.69) is 12.1 Å². The molecule has 9 heteroatoms. The standard InChI is InChI=1S/C39H26N4O5/c1-4-19-8-6-7-18(3)35(19)43-37(46)26-12-10-24-29-20(15-40)13-27-31-25(36(45)42(38(27)47)22(5-2)17-44)11-9-23(33(29)31)30-21(16-41)14-28(39(43)48)32(26)34(24)30/h6-14,22,44H,4-5,17H2,1-3H3. The average Bonchev–Trinajstić information content (AvgIpc) is 3.10. The summed E-state index contributed by atoms with van der Waals surface area (Å²) in [7, 11) is 0. The molecule has 232 valence electrons. The lowest BCUT2D eigenvalue weighted by Gasteiger charge is -2.33. The molecule has 2 aliphatic rings. The van der Waals surface area contributed by atoms with E-state index >= 15 is 0 Å². The maximum atomic E-state index is 14.4. The number of benzene rings is 6. The van der Waals surface area contributed by atoms with Crippen molar-refractivity contribution < 1.29 is 24.3 Å². The molecular formula is C39H26N4O5. The first-order valence-corrected chi connectivity index (χ1v) is 15.8. The Morgan fingerprint density at radius 1 is 0.688 bits per heavy atom. The van der Waals surface area contributed by atoms with Crippen molar-refractivity contribution in [3.05, 3.63) is 99.1 Å². The molecule has 0 saturated carbocycles. The van der Waals surface area contributed by atoms with Gasteiger partial charge in [0.25, 0.3) is 23.6 Å². The van der Waals surface area contributed by atoms with Crippen molar-refractivity contribution in [1.29, 1.82) is 10.5 Å². The van der Waals surface area contributed by atoms with E-state index in [4.69, 9.17) is 0 Å². The van der Waals surface area contributed by atoms with Gasteiger partial charge in [0.05, 0.1) is 52.7 Å². The van der Waals surface area contributed by atoms with Gasteiger partial charge in [-0.25, -0.2) is 4.90 Å². The summed E-state index contributed by atoms with van der Waals surface area (Å²) in [4.78, 5) is 58.7. The van der Waals surface area contributed by atoms with Crippen LogP contribution in [0.25, 0.3) is 43.1 Å². The monoisotopic (exact) mass is 630 g/mol. The number of para-hydroxylation sites is 1. The second kappa shape index (κ2) is 10.2. The van der Waals surface area contributed by atoms with E-state index in [0.717, 1.165) is 16.0 Å². The molecule has 9 nitrogen and oxygen atoms in total. The van der Waals surface area contributed by atoms with Crippen molar-refractivity contribution >= 4 is 72.4 Å². The average molecular weight is 631 g/mol. The van der Waals surface area contributed by atoms with E-state index in [1.165, 1.54) is 17.0 Å². The lowest BCUT2D eigenvalue weighted by atomic mass is 9.79. The molecule has 0 bridgehead atoms. The number of amides is 4. The van der Waals surface area contributed by atoms with Gasteiger partial charge in [-0.2, -0.15) is 10.5 Å². The number of nitriles is 2. The molecule has 6 aromatic carbocycles. The fourth-order valence-electron chi connectivity index (χ4n) is 7.92. The summed E-state index contributed by atoms with van der Waals surface area (Å²) in [6, 6.07) is 19.1. The van der Waals surface area contributed by atoms with Gasteiger partial charge in [-0.3, -0.25) is 24.1 Å². The van der Waals surface area contributed by atoms with E-state index in [9.17, 15) is 34.8 Å². The largest absolute Gasteiger partial charge is 0.394 e. The highest BCUT2D eigenvalue weighted by atomic mass is 16.3. The number of nitrogens with zero attached hydrogens (tertiary/aromatic N) is 4. The Morgan fingerprint density at radius 3 is 1.73 bits per heavy atom. The molecule has 6 aromatic rings. The molecule has 1 N–H and O–H groups in total. The summed E-state index contributed by atoms with van der Waals surface area (Å²) in [6.07, 6.45) is 0.943. The number of imide groups is 2. The number of aryl methyl sites for hydroxylation is 2. The zero-order valence-electron chi connectivity index (χ0n) is 26.3. The number of rotatable bonds is 5. The molecule has 2 aliphatic heterocycles. The Bertz CT molecular complexity index is 2600. The van der Waals surface area contributed by atoms with Crippen LogP contribution in [-0.4, -0.2) is 46.3 Å². The minimum atomic E-state index is -0.740. The van der Waals surface area contributed by atoms with Crippen LogP contribution in [0.1, 0.15) is 84.0 Å². The molecule has 0 aliphatic carbocycles. The van der Waals surface area contributed by atoms with Crippen LogP contribution in [0, 0.1) is 29.6 Å². The van der Waals surface area contributed by atoms with Gasteiger partial charge >= 0.3 is 0 Å². The van der Waals surface area contributed by atoms with Crippen LogP contribution in [0.15, 0.2) is 54.6 Å². The van der Waals surface area contributed by atoms with Crippen molar-refractivity contribution in [2.24, 2.45) is 0 Å². The van der Waals surface area contributed by atoms with Gasteiger partial charge in [-0.1, -0.05) is 44.2 Å². The van der Waals surface area contributed by atoms with Crippen molar-refractivity contribution in [3.8, 4) is 12.1 Å². The zero-order chi connectivity index (χ0) is 33.8. The van der Waals surface area contributed by atoms with Crippen LogP contribution in [0.5, 0.6) is 0 Å². The lowest BCUT2D eigenvalue weighted by Crippen LogP contribution is -2.48. The molecule has 8 rings (SSSR count). The van der Waals surface area contributed by atoms with Crippen LogP contribution in [0.3, 0.4) is 0 Å². The van der Waals surface area contributed by atoms with Crippen LogP contribution in [0.4, 0.5) is 5.69 Å². The van der Waals surface area contributed by atoms with E-state index < -0.39 is 36.3 Å². The third-order valence-corrected chi connectivity index (χ3v) is 10.1. The van der Waals surface area contributed by atoms with E-state index in [-0.39, 0.29) is 27.8 Å². The zero-order valence-corrected chi connectivity index (χ0v) is 26.3. The third kappa shape index (κ3) is 3.46. The Labute approximate surface area is 274 Å². The highest BCUT2D eigenvalue weighted by molar-refractivity contribution is 6.45.